The lowest BCUT2D eigenvalue weighted by Gasteiger charge is -2.08. The number of ether oxygens (including phenoxy) is 1. The zero-order chi connectivity index (χ0) is 15.8. The number of rotatable bonds is 3. The third-order valence-corrected chi connectivity index (χ3v) is 3.76. The van der Waals surface area contributed by atoms with Gasteiger partial charge in [-0.15, -0.1) is 0 Å². The molecule has 0 atom stereocenters. The Morgan fingerprint density at radius 1 is 1.13 bits per heavy atom. The Labute approximate surface area is 130 Å². The van der Waals surface area contributed by atoms with Crippen LogP contribution in [-0.4, -0.2) is 31.3 Å². The second-order valence-electron chi connectivity index (χ2n) is 5.13. The number of methoxy groups -OCH3 is 1. The van der Waals surface area contributed by atoms with Gasteiger partial charge in [-0.05, 0) is 23.8 Å². The lowest BCUT2D eigenvalue weighted by molar-refractivity contribution is 0.414. The van der Waals surface area contributed by atoms with Crippen LogP contribution in [0.1, 0.15) is 5.56 Å². The molecule has 0 amide bonds. The quantitative estimate of drug-likeness (QED) is 0.573. The predicted molar refractivity (Wildman–Crippen MR) is 84.6 cm³/mol. The van der Waals surface area contributed by atoms with Crippen LogP contribution in [0.3, 0.4) is 0 Å². The molecular weight excluding hydrogens is 294 g/mol. The van der Waals surface area contributed by atoms with Crippen molar-refractivity contribution < 1.29 is 4.74 Å². The summed E-state index contributed by atoms with van der Waals surface area (Å²) in [6.07, 6.45) is 4.73. The van der Waals surface area contributed by atoms with Crippen molar-refractivity contribution in [3.63, 3.8) is 0 Å². The van der Waals surface area contributed by atoms with Gasteiger partial charge in [0.15, 0.2) is 0 Å². The number of hydrogen-bond donors (Lipinski definition) is 0. The summed E-state index contributed by atoms with van der Waals surface area (Å²) in [7, 11) is 1.63. The lowest BCUT2D eigenvalue weighted by atomic mass is 10.2. The minimum absolute atomic E-state index is 0.108. The molecule has 1 aromatic carbocycles. The van der Waals surface area contributed by atoms with E-state index in [0.29, 0.717) is 23.2 Å². The van der Waals surface area contributed by atoms with Crippen molar-refractivity contribution in [2.24, 2.45) is 0 Å². The second kappa shape index (κ2) is 5.20. The van der Waals surface area contributed by atoms with Gasteiger partial charge in [0.05, 0.1) is 24.6 Å². The molecule has 4 rings (SSSR count). The largest absolute Gasteiger partial charge is 0.497 e. The molecular formula is C16H13N5O2. The summed E-state index contributed by atoms with van der Waals surface area (Å²) in [6, 6.07) is 9.48. The first kappa shape index (κ1) is 13.4. The zero-order valence-electron chi connectivity index (χ0n) is 12.4. The average molecular weight is 307 g/mol. The Hall–Kier alpha value is -3.22. The van der Waals surface area contributed by atoms with Gasteiger partial charge in [-0.2, -0.15) is 14.6 Å². The van der Waals surface area contributed by atoms with Crippen LogP contribution in [0.15, 0.2) is 53.8 Å². The molecule has 0 saturated carbocycles. The molecule has 0 aliphatic rings. The molecule has 0 N–H and O–H groups in total. The van der Waals surface area contributed by atoms with Crippen LogP contribution in [0.5, 0.6) is 5.75 Å². The third-order valence-electron chi connectivity index (χ3n) is 3.76. The van der Waals surface area contributed by atoms with E-state index in [2.05, 4.69) is 15.1 Å². The summed E-state index contributed by atoms with van der Waals surface area (Å²) in [5, 5.41) is 4.61. The third kappa shape index (κ3) is 2.22. The smallest absolute Gasteiger partial charge is 0.261 e. The Kier molecular flexibility index (Phi) is 3.04. The number of pyridine rings is 1. The van der Waals surface area contributed by atoms with Crippen LogP contribution >= 0.6 is 0 Å². The van der Waals surface area contributed by atoms with Crippen molar-refractivity contribution in [1.82, 2.24) is 24.1 Å². The van der Waals surface area contributed by atoms with Crippen LogP contribution in [0.2, 0.25) is 0 Å². The fraction of sp³-hybridized carbons (Fsp3) is 0.125. The second-order valence-corrected chi connectivity index (χ2v) is 5.13. The summed E-state index contributed by atoms with van der Waals surface area (Å²) in [4.78, 5) is 20.8. The van der Waals surface area contributed by atoms with E-state index >= 15 is 0 Å². The molecule has 23 heavy (non-hydrogen) atoms. The Morgan fingerprint density at radius 3 is 2.74 bits per heavy atom. The van der Waals surface area contributed by atoms with Crippen molar-refractivity contribution in [2.45, 2.75) is 6.54 Å². The molecule has 0 aliphatic heterocycles. The molecule has 0 bridgehead atoms. The number of aromatic nitrogens is 5. The molecule has 7 nitrogen and oxygen atoms in total. The van der Waals surface area contributed by atoms with Crippen LogP contribution in [0.4, 0.5) is 0 Å². The molecule has 0 radical (unpaired) electrons. The van der Waals surface area contributed by atoms with Gasteiger partial charge < -0.3 is 9.30 Å². The molecule has 0 unspecified atom stereocenters. The molecule has 0 spiro atoms. The topological polar surface area (TPSA) is 74.3 Å². The van der Waals surface area contributed by atoms with E-state index < -0.39 is 0 Å². The van der Waals surface area contributed by atoms with Crippen LogP contribution in [0, 0.1) is 0 Å². The molecule has 3 aromatic heterocycles. The van der Waals surface area contributed by atoms with Gasteiger partial charge in [-0.25, -0.2) is 4.98 Å². The maximum atomic E-state index is 12.7. The Morgan fingerprint density at radius 2 is 1.96 bits per heavy atom. The molecule has 114 valence electrons. The summed E-state index contributed by atoms with van der Waals surface area (Å²) >= 11 is 0. The highest BCUT2D eigenvalue weighted by molar-refractivity contribution is 5.78. The average Bonchev–Trinajstić information content (AvgIpc) is 3.07. The summed E-state index contributed by atoms with van der Waals surface area (Å²) in [5.41, 5.74) is 1.61. The minimum atomic E-state index is -0.108. The fourth-order valence-corrected chi connectivity index (χ4v) is 2.56. The molecule has 4 aromatic rings. The lowest BCUT2D eigenvalue weighted by Crippen LogP contribution is -2.21. The van der Waals surface area contributed by atoms with Gasteiger partial charge in [0, 0.05) is 12.4 Å². The highest BCUT2D eigenvalue weighted by atomic mass is 16.5. The van der Waals surface area contributed by atoms with Crippen molar-refractivity contribution in [2.75, 3.05) is 7.11 Å². The Balaban J connectivity index is 1.79. The molecule has 0 fully saturated rings. The highest BCUT2D eigenvalue weighted by Gasteiger charge is 2.08. The van der Waals surface area contributed by atoms with Gasteiger partial charge >= 0.3 is 0 Å². The minimum Gasteiger partial charge on any atom is -0.497 e. The fourth-order valence-electron chi connectivity index (χ4n) is 2.56. The first-order chi connectivity index (χ1) is 11.3. The first-order valence-electron chi connectivity index (χ1n) is 7.07. The molecule has 7 heteroatoms. The number of hydrogen-bond acceptors (Lipinski definition) is 5. The van der Waals surface area contributed by atoms with E-state index in [1.54, 1.807) is 28.6 Å². The van der Waals surface area contributed by atoms with Gasteiger partial charge in [0.1, 0.15) is 12.1 Å². The highest BCUT2D eigenvalue weighted by Crippen LogP contribution is 2.13. The molecule has 0 aliphatic carbocycles. The van der Waals surface area contributed by atoms with Crippen molar-refractivity contribution >= 4 is 16.7 Å². The van der Waals surface area contributed by atoms with Gasteiger partial charge in [0.2, 0.25) is 0 Å². The standard InChI is InChI=1S/C16H13N5O2/c1-23-12-4-2-11(3-5-12)9-20-7-6-14-13(15(20)22)8-17-16-18-10-19-21(14)16/h2-8,10H,9H2,1H3. The SMILES string of the molecule is COc1ccc(Cn2ccc3c(cnc4ncnn43)c2=O)cc1. The summed E-state index contributed by atoms with van der Waals surface area (Å²) < 4.78 is 8.35. The van der Waals surface area contributed by atoms with E-state index in [0.717, 1.165) is 11.3 Å². The van der Waals surface area contributed by atoms with E-state index in [1.165, 1.54) is 6.33 Å². The van der Waals surface area contributed by atoms with E-state index in [1.807, 2.05) is 30.3 Å². The normalized spacial score (nSPS) is 11.2. The maximum absolute atomic E-state index is 12.7. The van der Waals surface area contributed by atoms with Crippen molar-refractivity contribution in [1.29, 1.82) is 0 Å². The predicted octanol–water partition coefficient (Wildman–Crippen LogP) is 1.50. The summed E-state index contributed by atoms with van der Waals surface area (Å²) in [5.74, 6) is 1.27. The number of nitrogens with zero attached hydrogens (tertiary/aromatic N) is 5. The van der Waals surface area contributed by atoms with Crippen LogP contribution in [-0.2, 0) is 6.54 Å². The van der Waals surface area contributed by atoms with Crippen molar-refractivity contribution in [3.05, 3.63) is 65.0 Å². The zero-order valence-corrected chi connectivity index (χ0v) is 12.4. The van der Waals surface area contributed by atoms with Gasteiger partial charge in [-0.1, -0.05) is 12.1 Å². The van der Waals surface area contributed by atoms with E-state index in [9.17, 15) is 4.79 Å². The monoisotopic (exact) mass is 307 g/mol. The Bertz CT molecular complexity index is 1050. The van der Waals surface area contributed by atoms with E-state index in [-0.39, 0.29) is 5.56 Å². The number of benzene rings is 1. The summed E-state index contributed by atoms with van der Waals surface area (Å²) in [6.45, 7) is 0.480. The van der Waals surface area contributed by atoms with Crippen molar-refractivity contribution in [3.8, 4) is 5.75 Å². The molecule has 3 heterocycles. The van der Waals surface area contributed by atoms with Gasteiger partial charge in [-0.3, -0.25) is 4.79 Å². The molecule has 0 saturated heterocycles. The van der Waals surface area contributed by atoms with E-state index in [4.69, 9.17) is 4.74 Å². The van der Waals surface area contributed by atoms with Crippen LogP contribution in [0.25, 0.3) is 16.7 Å². The maximum Gasteiger partial charge on any atom is 0.261 e. The first-order valence-corrected chi connectivity index (χ1v) is 7.07. The number of fused-ring (bicyclic) bond motifs is 3. The van der Waals surface area contributed by atoms with Crippen LogP contribution < -0.4 is 10.3 Å². The van der Waals surface area contributed by atoms with Gasteiger partial charge in [0.25, 0.3) is 11.3 Å².